The summed E-state index contributed by atoms with van der Waals surface area (Å²) in [4.78, 5) is 0. The van der Waals surface area contributed by atoms with E-state index in [0.717, 1.165) is 17.8 Å². The fourth-order valence-corrected chi connectivity index (χ4v) is 2.51. The van der Waals surface area contributed by atoms with E-state index in [1.165, 1.54) is 44.9 Å². The predicted molar refractivity (Wildman–Crippen MR) is 59.8 cm³/mol. The average molecular weight is 182 g/mol. The van der Waals surface area contributed by atoms with Crippen LogP contribution in [-0.2, 0) is 0 Å². The van der Waals surface area contributed by atoms with E-state index in [4.69, 9.17) is 0 Å². The zero-order valence-corrected chi connectivity index (χ0v) is 9.68. The molecule has 2 atom stereocenters. The summed E-state index contributed by atoms with van der Waals surface area (Å²) in [5, 5.41) is 0. The monoisotopic (exact) mass is 182 g/mol. The van der Waals surface area contributed by atoms with Gasteiger partial charge in [0.2, 0.25) is 0 Å². The van der Waals surface area contributed by atoms with E-state index in [2.05, 4.69) is 20.8 Å². The summed E-state index contributed by atoms with van der Waals surface area (Å²) in [5.41, 5.74) is 0. The molecule has 0 amide bonds. The second-order valence-electron chi connectivity index (χ2n) is 5.11. The van der Waals surface area contributed by atoms with Crippen molar-refractivity contribution in [1.82, 2.24) is 0 Å². The molecule has 0 bridgehead atoms. The molecule has 0 N–H and O–H groups in total. The van der Waals surface area contributed by atoms with Gasteiger partial charge in [-0.1, -0.05) is 65.7 Å². The fraction of sp³-hybridized carbons (Fsp3) is 1.00. The molecule has 0 heteroatoms. The summed E-state index contributed by atoms with van der Waals surface area (Å²) in [7, 11) is 0. The number of rotatable bonds is 5. The molecule has 0 spiro atoms. The Kier molecular flexibility index (Phi) is 4.83. The molecule has 1 aliphatic carbocycles. The van der Waals surface area contributed by atoms with E-state index >= 15 is 0 Å². The van der Waals surface area contributed by atoms with E-state index in [1.807, 2.05) is 0 Å². The molecule has 0 aromatic rings. The molecule has 0 aromatic heterocycles. The van der Waals surface area contributed by atoms with Gasteiger partial charge in [0, 0.05) is 0 Å². The third kappa shape index (κ3) is 3.70. The second-order valence-corrected chi connectivity index (χ2v) is 5.11. The third-order valence-corrected chi connectivity index (χ3v) is 4.02. The Bertz CT molecular complexity index is 122. The maximum Gasteiger partial charge on any atom is -0.0388 e. The van der Waals surface area contributed by atoms with E-state index in [9.17, 15) is 0 Å². The van der Waals surface area contributed by atoms with Crippen LogP contribution in [-0.4, -0.2) is 0 Å². The van der Waals surface area contributed by atoms with E-state index in [0.29, 0.717) is 0 Å². The lowest BCUT2D eigenvalue weighted by atomic mass is 9.86. The maximum atomic E-state index is 2.47. The van der Waals surface area contributed by atoms with Crippen molar-refractivity contribution in [2.75, 3.05) is 0 Å². The van der Waals surface area contributed by atoms with Crippen LogP contribution in [0.2, 0.25) is 0 Å². The minimum absolute atomic E-state index is 0.948. The first-order valence-electron chi connectivity index (χ1n) is 6.24. The molecule has 1 aliphatic rings. The van der Waals surface area contributed by atoms with Gasteiger partial charge in [0.15, 0.2) is 0 Å². The van der Waals surface area contributed by atoms with Crippen molar-refractivity contribution in [3.8, 4) is 0 Å². The average Bonchev–Trinajstić information content (AvgIpc) is 2.66. The van der Waals surface area contributed by atoms with Gasteiger partial charge < -0.3 is 0 Å². The minimum Gasteiger partial charge on any atom is -0.0651 e. The second kappa shape index (κ2) is 5.67. The summed E-state index contributed by atoms with van der Waals surface area (Å²) in [6, 6.07) is 0. The Morgan fingerprint density at radius 1 is 1.08 bits per heavy atom. The van der Waals surface area contributed by atoms with Crippen molar-refractivity contribution in [1.29, 1.82) is 0 Å². The van der Waals surface area contributed by atoms with E-state index in [1.54, 1.807) is 0 Å². The van der Waals surface area contributed by atoms with Gasteiger partial charge in [-0.05, 0) is 17.8 Å². The van der Waals surface area contributed by atoms with Gasteiger partial charge in [0.1, 0.15) is 0 Å². The largest absolute Gasteiger partial charge is 0.0651 e. The van der Waals surface area contributed by atoms with Crippen LogP contribution in [0.5, 0.6) is 0 Å². The Labute approximate surface area is 84.1 Å². The molecule has 0 saturated heterocycles. The molecule has 0 aliphatic heterocycles. The standard InChI is InChI=1S/C13H26/c1-4-11(2)9-10-12(3)13-7-5-6-8-13/h11-13H,4-10H2,1-3H3. The molecular formula is C13H26. The summed E-state index contributed by atoms with van der Waals surface area (Å²) in [6.07, 6.45) is 10.3. The number of hydrogen-bond acceptors (Lipinski definition) is 0. The lowest BCUT2D eigenvalue weighted by Crippen LogP contribution is -2.09. The van der Waals surface area contributed by atoms with E-state index in [-0.39, 0.29) is 0 Å². The first-order valence-corrected chi connectivity index (χ1v) is 6.24. The van der Waals surface area contributed by atoms with Gasteiger partial charge in [-0.15, -0.1) is 0 Å². The van der Waals surface area contributed by atoms with Crippen molar-refractivity contribution in [2.24, 2.45) is 17.8 Å². The molecule has 0 heterocycles. The first-order chi connectivity index (χ1) is 6.24. The van der Waals surface area contributed by atoms with E-state index < -0.39 is 0 Å². The highest BCUT2D eigenvalue weighted by Crippen LogP contribution is 2.34. The number of hydrogen-bond donors (Lipinski definition) is 0. The fourth-order valence-electron chi connectivity index (χ4n) is 2.51. The van der Waals surface area contributed by atoms with Crippen molar-refractivity contribution in [3.05, 3.63) is 0 Å². The smallest absolute Gasteiger partial charge is 0.0388 e. The molecule has 2 unspecified atom stereocenters. The zero-order valence-electron chi connectivity index (χ0n) is 9.68. The van der Waals surface area contributed by atoms with Crippen LogP contribution in [0.25, 0.3) is 0 Å². The van der Waals surface area contributed by atoms with Crippen LogP contribution in [0.15, 0.2) is 0 Å². The highest BCUT2D eigenvalue weighted by atomic mass is 14.3. The summed E-state index contributed by atoms with van der Waals surface area (Å²) >= 11 is 0. The zero-order chi connectivity index (χ0) is 9.68. The molecule has 1 saturated carbocycles. The van der Waals surface area contributed by atoms with Crippen LogP contribution in [0.4, 0.5) is 0 Å². The van der Waals surface area contributed by atoms with Gasteiger partial charge in [0.25, 0.3) is 0 Å². The Morgan fingerprint density at radius 2 is 1.69 bits per heavy atom. The minimum atomic E-state index is 0.948. The van der Waals surface area contributed by atoms with Crippen LogP contribution < -0.4 is 0 Å². The van der Waals surface area contributed by atoms with Gasteiger partial charge in [-0.3, -0.25) is 0 Å². The van der Waals surface area contributed by atoms with Crippen molar-refractivity contribution < 1.29 is 0 Å². The highest BCUT2D eigenvalue weighted by Gasteiger charge is 2.21. The van der Waals surface area contributed by atoms with Crippen molar-refractivity contribution in [3.63, 3.8) is 0 Å². The predicted octanol–water partition coefficient (Wildman–Crippen LogP) is 4.64. The Hall–Kier alpha value is 0. The Balaban J connectivity index is 2.12. The van der Waals surface area contributed by atoms with Crippen LogP contribution in [0.1, 0.15) is 65.7 Å². The maximum absolute atomic E-state index is 2.47. The SMILES string of the molecule is CCC(C)CCC(C)C1CCCC1. The molecule has 1 fully saturated rings. The van der Waals surface area contributed by atoms with Gasteiger partial charge in [-0.25, -0.2) is 0 Å². The van der Waals surface area contributed by atoms with Crippen LogP contribution in [0, 0.1) is 17.8 Å². The lowest BCUT2D eigenvalue weighted by molar-refractivity contribution is 0.315. The topological polar surface area (TPSA) is 0 Å². The summed E-state index contributed by atoms with van der Waals surface area (Å²) in [6.45, 7) is 7.17. The molecule has 1 rings (SSSR count). The summed E-state index contributed by atoms with van der Waals surface area (Å²) < 4.78 is 0. The quantitative estimate of drug-likeness (QED) is 0.581. The first kappa shape index (κ1) is 11.1. The molecular weight excluding hydrogens is 156 g/mol. The van der Waals surface area contributed by atoms with Gasteiger partial charge in [0.05, 0.1) is 0 Å². The van der Waals surface area contributed by atoms with Crippen LogP contribution in [0.3, 0.4) is 0 Å². The third-order valence-electron chi connectivity index (χ3n) is 4.02. The lowest BCUT2D eigenvalue weighted by Gasteiger charge is -2.20. The van der Waals surface area contributed by atoms with Crippen molar-refractivity contribution >= 4 is 0 Å². The normalized spacial score (nSPS) is 23.3. The molecule has 0 aromatic carbocycles. The van der Waals surface area contributed by atoms with Crippen molar-refractivity contribution in [2.45, 2.75) is 65.7 Å². The molecule has 0 radical (unpaired) electrons. The highest BCUT2D eigenvalue weighted by molar-refractivity contribution is 4.73. The Morgan fingerprint density at radius 3 is 2.23 bits per heavy atom. The van der Waals surface area contributed by atoms with Gasteiger partial charge in [-0.2, -0.15) is 0 Å². The summed E-state index contributed by atoms with van der Waals surface area (Å²) in [5.74, 6) is 3.02. The van der Waals surface area contributed by atoms with Crippen LogP contribution >= 0.6 is 0 Å². The molecule has 0 nitrogen and oxygen atoms in total. The molecule has 78 valence electrons. The van der Waals surface area contributed by atoms with Gasteiger partial charge >= 0.3 is 0 Å². The molecule has 13 heavy (non-hydrogen) atoms.